The Balaban J connectivity index is 2.33. The largest absolute Gasteiger partial charge is 0.480 e. The molecule has 14 heteroatoms. The monoisotopic (exact) mass is 550 g/mol. The van der Waals surface area contributed by atoms with Gasteiger partial charge >= 0.3 is 5.97 Å². The predicted molar refractivity (Wildman–Crippen MR) is 142 cm³/mol. The molecule has 5 atom stereocenters. The molecule has 4 amide bonds. The summed E-state index contributed by atoms with van der Waals surface area (Å²) in [4.78, 5) is 64.9. The lowest BCUT2D eigenvalue weighted by atomic mass is 10.0. The molecule has 208 valence electrons. The van der Waals surface area contributed by atoms with Crippen molar-refractivity contribution >= 4 is 52.3 Å². The third-order valence-corrected chi connectivity index (χ3v) is 6.46. The molecule has 13 nitrogen and oxygen atoms in total. The van der Waals surface area contributed by atoms with Gasteiger partial charge in [-0.25, -0.2) is 4.79 Å². The van der Waals surface area contributed by atoms with Crippen LogP contribution in [-0.2, 0) is 30.4 Å². The van der Waals surface area contributed by atoms with Gasteiger partial charge in [-0.05, 0) is 37.0 Å². The fraction of sp³-hybridized carbons (Fsp3) is 0.458. The summed E-state index contributed by atoms with van der Waals surface area (Å²) in [7, 11) is 0. The van der Waals surface area contributed by atoms with Crippen molar-refractivity contribution in [3.8, 4) is 0 Å². The molecule has 0 bridgehead atoms. The molecule has 2 aromatic rings. The number of carboxylic acid groups (broad SMARTS) is 1. The van der Waals surface area contributed by atoms with Crippen LogP contribution in [0.25, 0.3) is 10.9 Å². The minimum absolute atomic E-state index is 0.0269. The Labute approximate surface area is 223 Å². The van der Waals surface area contributed by atoms with Crippen molar-refractivity contribution in [2.45, 2.75) is 56.5 Å². The maximum Gasteiger partial charge on any atom is 0.326 e. The summed E-state index contributed by atoms with van der Waals surface area (Å²) < 4.78 is 0. The Morgan fingerprint density at radius 3 is 2.21 bits per heavy atom. The number of amides is 4. The second-order valence-corrected chi connectivity index (χ2v) is 9.79. The van der Waals surface area contributed by atoms with E-state index < -0.39 is 66.3 Å². The van der Waals surface area contributed by atoms with Crippen LogP contribution < -0.4 is 27.4 Å². The zero-order valence-electron chi connectivity index (χ0n) is 21.1. The number of carbonyl (C=O) groups excluding carboxylic acids is 4. The van der Waals surface area contributed by atoms with E-state index in [0.29, 0.717) is 11.3 Å². The lowest BCUT2D eigenvalue weighted by molar-refractivity contribution is -0.143. The standard InChI is InChI=1S/C24H34N6O7S/c1-12(31)20(26)23(35)28-16(7-8-38-2)21(33)29-17(22(34)30-18(24(36)37)10-19(25)32)9-13-11-27-15-6-4-3-5-14(13)15/h3-6,11-12,16-18,20,27,31H,7-10,26H2,1-2H3,(H2,25,32)(H,28,35)(H,29,33)(H,30,34)(H,36,37). The molecule has 0 aliphatic carbocycles. The van der Waals surface area contributed by atoms with Crippen LogP contribution in [0.1, 0.15) is 25.3 Å². The summed E-state index contributed by atoms with van der Waals surface area (Å²) >= 11 is 1.43. The highest BCUT2D eigenvalue weighted by atomic mass is 32.2. The molecular weight excluding hydrogens is 516 g/mol. The summed E-state index contributed by atoms with van der Waals surface area (Å²) in [6, 6.07) is 2.07. The van der Waals surface area contributed by atoms with Gasteiger partial charge in [0.2, 0.25) is 23.6 Å². The third-order valence-electron chi connectivity index (χ3n) is 5.82. The molecule has 0 saturated carbocycles. The van der Waals surface area contributed by atoms with E-state index in [-0.39, 0.29) is 12.8 Å². The number of H-pyrrole nitrogens is 1. The number of primary amides is 1. The Kier molecular flexibility index (Phi) is 11.6. The van der Waals surface area contributed by atoms with Gasteiger partial charge in [0.25, 0.3) is 0 Å². The molecule has 1 heterocycles. The van der Waals surface area contributed by atoms with Gasteiger partial charge in [0.05, 0.1) is 12.5 Å². The van der Waals surface area contributed by atoms with Crippen molar-refractivity contribution in [1.29, 1.82) is 0 Å². The van der Waals surface area contributed by atoms with Gasteiger partial charge in [0.15, 0.2) is 0 Å². The molecule has 1 aromatic carbocycles. The van der Waals surface area contributed by atoms with Gasteiger partial charge in [-0.15, -0.1) is 0 Å². The predicted octanol–water partition coefficient (Wildman–Crippen LogP) is -1.41. The molecule has 0 fully saturated rings. The molecule has 0 aliphatic rings. The number of aromatic amines is 1. The molecule has 0 radical (unpaired) electrons. The van der Waals surface area contributed by atoms with Crippen LogP contribution in [0, 0.1) is 0 Å². The Bertz CT molecular complexity index is 1150. The van der Waals surface area contributed by atoms with Crippen molar-refractivity contribution in [3.63, 3.8) is 0 Å². The number of thioether (sulfide) groups is 1. The van der Waals surface area contributed by atoms with Crippen molar-refractivity contribution in [2.75, 3.05) is 12.0 Å². The highest BCUT2D eigenvalue weighted by Crippen LogP contribution is 2.19. The summed E-state index contributed by atoms with van der Waals surface area (Å²) in [6.45, 7) is 1.34. The van der Waals surface area contributed by atoms with Gasteiger partial charge < -0.3 is 42.6 Å². The van der Waals surface area contributed by atoms with Crippen molar-refractivity contribution in [1.82, 2.24) is 20.9 Å². The Hall–Kier alpha value is -3.62. The van der Waals surface area contributed by atoms with Crippen LogP contribution in [0.2, 0.25) is 0 Å². The molecule has 5 unspecified atom stereocenters. The number of rotatable bonds is 15. The average molecular weight is 551 g/mol. The minimum Gasteiger partial charge on any atom is -0.480 e. The second-order valence-electron chi connectivity index (χ2n) is 8.80. The number of aromatic nitrogens is 1. The number of nitrogens with two attached hydrogens (primary N) is 2. The van der Waals surface area contributed by atoms with E-state index in [4.69, 9.17) is 11.5 Å². The van der Waals surface area contributed by atoms with Crippen LogP contribution in [0.5, 0.6) is 0 Å². The number of fused-ring (bicyclic) bond motifs is 1. The molecular formula is C24H34N6O7S. The number of nitrogens with one attached hydrogen (secondary N) is 4. The topological polar surface area (TPSA) is 230 Å². The molecule has 0 saturated heterocycles. The number of aliphatic hydroxyl groups is 1. The first-order chi connectivity index (χ1) is 17.9. The first kappa shape index (κ1) is 30.6. The van der Waals surface area contributed by atoms with E-state index in [1.54, 1.807) is 12.3 Å². The van der Waals surface area contributed by atoms with Crippen LogP contribution in [0.3, 0.4) is 0 Å². The van der Waals surface area contributed by atoms with Crippen LogP contribution in [0.4, 0.5) is 0 Å². The number of benzene rings is 1. The zero-order valence-corrected chi connectivity index (χ0v) is 21.9. The van der Waals surface area contributed by atoms with Crippen molar-refractivity contribution in [2.24, 2.45) is 11.5 Å². The summed E-state index contributed by atoms with van der Waals surface area (Å²) in [6.07, 6.45) is 1.86. The molecule has 1 aromatic heterocycles. The maximum absolute atomic E-state index is 13.3. The van der Waals surface area contributed by atoms with Gasteiger partial charge in [-0.3, -0.25) is 19.2 Å². The molecule has 2 rings (SSSR count). The fourth-order valence-electron chi connectivity index (χ4n) is 3.67. The number of aliphatic hydroxyl groups excluding tert-OH is 1. The zero-order chi connectivity index (χ0) is 28.4. The van der Waals surface area contributed by atoms with E-state index in [9.17, 15) is 34.2 Å². The van der Waals surface area contributed by atoms with Crippen LogP contribution in [0.15, 0.2) is 30.5 Å². The number of aliphatic carboxylic acids is 1. The SMILES string of the molecule is CSCCC(NC(=O)C(N)C(C)O)C(=O)NC(Cc1c[nH]c2ccccc12)C(=O)NC(CC(N)=O)C(=O)O. The first-order valence-corrected chi connectivity index (χ1v) is 13.2. The second kappa shape index (κ2) is 14.4. The molecule has 38 heavy (non-hydrogen) atoms. The number of para-hydroxylation sites is 1. The van der Waals surface area contributed by atoms with Gasteiger partial charge in [-0.1, -0.05) is 18.2 Å². The van der Waals surface area contributed by atoms with E-state index in [0.717, 1.165) is 10.9 Å². The number of hydrogen-bond donors (Lipinski definition) is 8. The lowest BCUT2D eigenvalue weighted by Gasteiger charge is -2.25. The summed E-state index contributed by atoms with van der Waals surface area (Å²) in [5, 5.41) is 27.2. The van der Waals surface area contributed by atoms with E-state index >= 15 is 0 Å². The maximum atomic E-state index is 13.3. The smallest absolute Gasteiger partial charge is 0.326 e. The van der Waals surface area contributed by atoms with Gasteiger partial charge in [0, 0.05) is 23.5 Å². The number of carbonyl (C=O) groups is 5. The highest BCUT2D eigenvalue weighted by molar-refractivity contribution is 7.98. The Morgan fingerprint density at radius 2 is 1.61 bits per heavy atom. The van der Waals surface area contributed by atoms with Gasteiger partial charge in [0.1, 0.15) is 24.2 Å². The van der Waals surface area contributed by atoms with Crippen molar-refractivity contribution < 1.29 is 34.2 Å². The third kappa shape index (κ3) is 8.75. The summed E-state index contributed by atoms with van der Waals surface area (Å²) in [5.74, 6) is -4.21. The Morgan fingerprint density at radius 1 is 1.00 bits per heavy atom. The number of hydrogen-bond acceptors (Lipinski definition) is 8. The molecule has 10 N–H and O–H groups in total. The van der Waals surface area contributed by atoms with E-state index in [1.807, 2.05) is 24.5 Å². The van der Waals surface area contributed by atoms with E-state index in [2.05, 4.69) is 20.9 Å². The molecule has 0 aliphatic heterocycles. The summed E-state index contributed by atoms with van der Waals surface area (Å²) in [5.41, 5.74) is 12.3. The van der Waals surface area contributed by atoms with E-state index in [1.165, 1.54) is 18.7 Å². The normalized spacial score (nSPS) is 15.1. The minimum atomic E-state index is -1.60. The lowest BCUT2D eigenvalue weighted by Crippen LogP contribution is -2.58. The molecule has 0 spiro atoms. The number of carboxylic acids is 1. The van der Waals surface area contributed by atoms with Gasteiger partial charge in [-0.2, -0.15) is 11.8 Å². The first-order valence-electron chi connectivity index (χ1n) is 11.8. The fourth-order valence-corrected chi connectivity index (χ4v) is 4.14. The van der Waals surface area contributed by atoms with Crippen LogP contribution in [-0.4, -0.2) is 87.1 Å². The highest BCUT2D eigenvalue weighted by Gasteiger charge is 2.32. The quantitative estimate of drug-likeness (QED) is 0.130. The van der Waals surface area contributed by atoms with Crippen LogP contribution >= 0.6 is 11.8 Å². The van der Waals surface area contributed by atoms with Crippen molar-refractivity contribution in [3.05, 3.63) is 36.0 Å². The average Bonchev–Trinajstić information content (AvgIpc) is 3.27.